The standard InChI is InChI=1S/C22H25ClN2O5S/c23-19-10-9-17(31(27,28)25-11-5-1-2-6-12-25)13-18(19)22(26)24-14-16-15-29-20-7-3-4-8-21(20)30-16/h3-4,7-10,13,16H,1-2,5-6,11-12,14-15H2,(H,24,26)/t16-/m1/s1. The van der Waals surface area contributed by atoms with Gasteiger partial charge >= 0.3 is 0 Å². The average Bonchev–Trinajstić information content (AvgIpc) is 3.08. The lowest BCUT2D eigenvalue weighted by molar-refractivity contribution is 0.0789. The Hall–Kier alpha value is -2.29. The second-order valence-electron chi connectivity index (χ2n) is 7.67. The maximum atomic E-state index is 13.1. The molecule has 2 aromatic carbocycles. The predicted octanol–water partition coefficient (Wildman–Crippen LogP) is 3.47. The highest BCUT2D eigenvalue weighted by molar-refractivity contribution is 7.89. The highest BCUT2D eigenvalue weighted by Gasteiger charge is 2.27. The van der Waals surface area contributed by atoms with Gasteiger partial charge in [-0.2, -0.15) is 4.31 Å². The third-order valence-electron chi connectivity index (χ3n) is 5.44. The first-order chi connectivity index (χ1) is 14.9. The molecule has 1 atom stereocenters. The Balaban J connectivity index is 1.45. The molecule has 2 aliphatic rings. The smallest absolute Gasteiger partial charge is 0.252 e. The highest BCUT2D eigenvalue weighted by atomic mass is 35.5. The second kappa shape index (κ2) is 9.46. The summed E-state index contributed by atoms with van der Waals surface area (Å²) >= 11 is 6.22. The maximum Gasteiger partial charge on any atom is 0.252 e. The molecular weight excluding hydrogens is 440 g/mol. The van der Waals surface area contributed by atoms with Crippen molar-refractivity contribution in [2.75, 3.05) is 26.2 Å². The number of halogens is 1. The number of sulfonamides is 1. The number of rotatable bonds is 5. The first-order valence-corrected chi connectivity index (χ1v) is 12.2. The van der Waals surface area contributed by atoms with Crippen molar-refractivity contribution in [3.8, 4) is 11.5 Å². The molecule has 9 heteroatoms. The molecule has 31 heavy (non-hydrogen) atoms. The van der Waals surface area contributed by atoms with E-state index in [0.29, 0.717) is 31.2 Å². The number of benzene rings is 2. The van der Waals surface area contributed by atoms with Crippen LogP contribution in [0, 0.1) is 0 Å². The van der Waals surface area contributed by atoms with E-state index in [4.69, 9.17) is 21.1 Å². The highest BCUT2D eigenvalue weighted by Crippen LogP contribution is 2.31. The summed E-state index contributed by atoms with van der Waals surface area (Å²) in [5.41, 5.74) is 0.120. The minimum absolute atomic E-state index is 0.0788. The molecule has 0 aromatic heterocycles. The van der Waals surface area contributed by atoms with E-state index in [9.17, 15) is 13.2 Å². The summed E-state index contributed by atoms with van der Waals surface area (Å²) in [6, 6.07) is 11.6. The minimum atomic E-state index is -3.68. The number of hydrogen-bond acceptors (Lipinski definition) is 5. The van der Waals surface area contributed by atoms with Crippen molar-refractivity contribution in [1.29, 1.82) is 0 Å². The van der Waals surface area contributed by atoms with Gasteiger partial charge in [0.05, 0.1) is 22.0 Å². The van der Waals surface area contributed by atoms with E-state index in [1.54, 1.807) is 6.07 Å². The van der Waals surface area contributed by atoms with Crippen LogP contribution in [-0.4, -0.2) is 51.0 Å². The molecule has 0 unspecified atom stereocenters. The first kappa shape index (κ1) is 21.9. The summed E-state index contributed by atoms with van der Waals surface area (Å²) in [4.78, 5) is 12.8. The van der Waals surface area contributed by atoms with Crippen molar-refractivity contribution in [2.24, 2.45) is 0 Å². The fourth-order valence-electron chi connectivity index (χ4n) is 3.74. The molecule has 1 fully saturated rings. The summed E-state index contributed by atoms with van der Waals surface area (Å²) in [5.74, 6) is 0.830. The van der Waals surface area contributed by atoms with E-state index >= 15 is 0 Å². The van der Waals surface area contributed by atoms with Gasteiger partial charge in [0.25, 0.3) is 5.91 Å². The number of nitrogens with one attached hydrogen (secondary N) is 1. The predicted molar refractivity (Wildman–Crippen MR) is 117 cm³/mol. The molecule has 1 N–H and O–H groups in total. The van der Waals surface area contributed by atoms with Crippen LogP contribution in [0.1, 0.15) is 36.0 Å². The molecule has 0 saturated carbocycles. The van der Waals surface area contributed by atoms with Gasteiger partial charge in [-0.3, -0.25) is 4.79 Å². The van der Waals surface area contributed by atoms with Crippen molar-refractivity contribution in [1.82, 2.24) is 9.62 Å². The van der Waals surface area contributed by atoms with E-state index in [2.05, 4.69) is 5.32 Å². The van der Waals surface area contributed by atoms with Gasteiger partial charge in [-0.15, -0.1) is 0 Å². The Morgan fingerprint density at radius 1 is 1.06 bits per heavy atom. The Kier molecular flexibility index (Phi) is 6.69. The average molecular weight is 465 g/mol. The Morgan fingerprint density at radius 2 is 1.77 bits per heavy atom. The summed E-state index contributed by atoms with van der Waals surface area (Å²) < 4.78 is 39.1. The van der Waals surface area contributed by atoms with Gasteiger partial charge in [0.15, 0.2) is 11.5 Å². The quantitative estimate of drug-likeness (QED) is 0.732. The summed E-state index contributed by atoms with van der Waals surface area (Å²) in [7, 11) is -3.68. The van der Waals surface area contributed by atoms with Gasteiger partial charge in [0.1, 0.15) is 12.7 Å². The van der Waals surface area contributed by atoms with Gasteiger partial charge in [0.2, 0.25) is 10.0 Å². The van der Waals surface area contributed by atoms with Crippen molar-refractivity contribution in [2.45, 2.75) is 36.7 Å². The van der Waals surface area contributed by atoms with Gasteiger partial charge in [-0.25, -0.2) is 8.42 Å². The Morgan fingerprint density at radius 3 is 2.52 bits per heavy atom. The molecule has 2 aromatic rings. The van der Waals surface area contributed by atoms with Crippen LogP contribution in [0.25, 0.3) is 0 Å². The van der Waals surface area contributed by atoms with Crippen molar-refractivity contribution in [3.05, 3.63) is 53.1 Å². The van der Waals surface area contributed by atoms with Crippen molar-refractivity contribution < 1.29 is 22.7 Å². The summed E-state index contributed by atoms with van der Waals surface area (Å²) in [6.07, 6.45) is 3.37. The number of carbonyl (C=O) groups excluding carboxylic acids is 1. The monoisotopic (exact) mass is 464 g/mol. The molecule has 0 bridgehead atoms. The molecule has 1 saturated heterocycles. The molecule has 4 rings (SSSR count). The van der Waals surface area contributed by atoms with Crippen molar-refractivity contribution in [3.63, 3.8) is 0 Å². The van der Waals surface area contributed by atoms with Crippen LogP contribution in [0.4, 0.5) is 0 Å². The number of carbonyl (C=O) groups is 1. The summed E-state index contributed by atoms with van der Waals surface area (Å²) in [5, 5.41) is 2.96. The molecular formula is C22H25ClN2O5S. The molecule has 166 valence electrons. The lowest BCUT2D eigenvalue weighted by atomic mass is 10.2. The zero-order valence-electron chi connectivity index (χ0n) is 17.1. The maximum absolute atomic E-state index is 13.1. The van der Waals surface area contributed by atoms with E-state index in [-0.39, 0.29) is 28.1 Å². The molecule has 0 aliphatic carbocycles. The van der Waals surface area contributed by atoms with Crippen LogP contribution in [-0.2, 0) is 10.0 Å². The summed E-state index contributed by atoms with van der Waals surface area (Å²) in [6.45, 7) is 1.49. The SMILES string of the molecule is O=C(NC[C@@H]1COc2ccccc2O1)c1cc(S(=O)(=O)N2CCCCCC2)ccc1Cl. The first-order valence-electron chi connectivity index (χ1n) is 10.4. The van der Waals surface area contributed by atoms with E-state index in [0.717, 1.165) is 25.7 Å². The number of hydrogen-bond donors (Lipinski definition) is 1. The third kappa shape index (κ3) is 4.97. The molecule has 0 spiro atoms. The third-order valence-corrected chi connectivity index (χ3v) is 7.67. The van der Waals surface area contributed by atoms with Gasteiger partial charge < -0.3 is 14.8 Å². The van der Waals surface area contributed by atoms with Crippen LogP contribution in [0.15, 0.2) is 47.4 Å². The lowest BCUT2D eigenvalue weighted by Gasteiger charge is -2.26. The number of amides is 1. The van der Waals surface area contributed by atoms with Crippen LogP contribution in [0.5, 0.6) is 11.5 Å². The molecule has 2 aliphatic heterocycles. The zero-order valence-corrected chi connectivity index (χ0v) is 18.6. The number of ether oxygens (including phenoxy) is 2. The Labute approximate surface area is 187 Å². The number of para-hydroxylation sites is 2. The minimum Gasteiger partial charge on any atom is -0.486 e. The topological polar surface area (TPSA) is 84.9 Å². The molecule has 7 nitrogen and oxygen atoms in total. The normalized spacial score (nSPS) is 19.5. The fourth-order valence-corrected chi connectivity index (χ4v) is 5.48. The number of nitrogens with zero attached hydrogens (tertiary/aromatic N) is 1. The van der Waals surface area contributed by atoms with Crippen LogP contribution < -0.4 is 14.8 Å². The van der Waals surface area contributed by atoms with E-state index < -0.39 is 15.9 Å². The van der Waals surface area contributed by atoms with Crippen LogP contribution in [0.2, 0.25) is 5.02 Å². The van der Waals surface area contributed by atoms with Crippen LogP contribution >= 0.6 is 11.6 Å². The largest absolute Gasteiger partial charge is 0.486 e. The van der Waals surface area contributed by atoms with Crippen molar-refractivity contribution >= 4 is 27.5 Å². The van der Waals surface area contributed by atoms with Crippen LogP contribution in [0.3, 0.4) is 0 Å². The number of fused-ring (bicyclic) bond motifs is 1. The molecule has 0 radical (unpaired) electrons. The van der Waals surface area contributed by atoms with Gasteiger partial charge in [-0.1, -0.05) is 36.6 Å². The van der Waals surface area contributed by atoms with E-state index in [1.165, 1.54) is 22.5 Å². The fraction of sp³-hybridized carbons (Fsp3) is 0.409. The second-order valence-corrected chi connectivity index (χ2v) is 10.0. The zero-order chi connectivity index (χ0) is 21.8. The van der Waals surface area contributed by atoms with Gasteiger partial charge in [-0.05, 0) is 43.2 Å². The molecule has 2 heterocycles. The Bertz CT molecular complexity index is 1050. The molecule has 1 amide bonds. The van der Waals surface area contributed by atoms with Gasteiger partial charge in [0, 0.05) is 13.1 Å². The van der Waals surface area contributed by atoms with E-state index in [1.807, 2.05) is 18.2 Å². The lowest BCUT2D eigenvalue weighted by Crippen LogP contribution is -2.40.